The molecule has 7 heteroatoms. The topological polar surface area (TPSA) is 95.5 Å². The van der Waals surface area contributed by atoms with Crippen LogP contribution in [0, 0.1) is 10.1 Å². The van der Waals surface area contributed by atoms with E-state index in [1.165, 1.54) is 18.5 Å². The van der Waals surface area contributed by atoms with Crippen molar-refractivity contribution in [3.05, 3.63) is 64.5 Å². The molecule has 0 amide bonds. The van der Waals surface area contributed by atoms with Gasteiger partial charge in [-0.05, 0) is 12.1 Å². The number of oxazole rings is 1. The lowest BCUT2D eigenvalue weighted by atomic mass is 10.1. The van der Waals surface area contributed by atoms with Crippen LogP contribution in [0.4, 0.5) is 5.69 Å². The van der Waals surface area contributed by atoms with Crippen molar-refractivity contribution in [1.82, 2.24) is 4.98 Å². The van der Waals surface area contributed by atoms with Gasteiger partial charge in [0.1, 0.15) is 11.3 Å². The maximum absolute atomic E-state index is 11.9. The highest BCUT2D eigenvalue weighted by Gasteiger charge is 2.17. The van der Waals surface area contributed by atoms with E-state index in [4.69, 9.17) is 9.15 Å². The van der Waals surface area contributed by atoms with E-state index in [0.29, 0.717) is 22.4 Å². The predicted octanol–water partition coefficient (Wildman–Crippen LogP) is 2.88. The Hall–Kier alpha value is -3.22. The van der Waals surface area contributed by atoms with Gasteiger partial charge in [-0.1, -0.05) is 18.2 Å². The summed E-state index contributed by atoms with van der Waals surface area (Å²) in [5.74, 6) is -0.276. The van der Waals surface area contributed by atoms with Crippen LogP contribution in [0.2, 0.25) is 0 Å². The number of carbonyl (C=O) groups excluding carboxylic acids is 1. The number of aromatic nitrogens is 1. The number of benzene rings is 2. The fourth-order valence-electron chi connectivity index (χ4n) is 2.06. The zero-order valence-corrected chi connectivity index (χ0v) is 11.3. The Morgan fingerprint density at radius 3 is 2.91 bits per heavy atom. The Morgan fingerprint density at radius 1 is 1.27 bits per heavy atom. The highest BCUT2D eigenvalue weighted by Crippen LogP contribution is 2.22. The van der Waals surface area contributed by atoms with Crippen molar-refractivity contribution in [1.29, 1.82) is 0 Å². The summed E-state index contributed by atoms with van der Waals surface area (Å²) in [6.07, 6.45) is 1.11. The number of fused-ring (bicyclic) bond motifs is 1. The number of ether oxygens (including phenoxy) is 1. The summed E-state index contributed by atoms with van der Waals surface area (Å²) in [6.45, 7) is 0. The molecule has 1 heterocycles. The van der Waals surface area contributed by atoms with E-state index in [-0.39, 0.29) is 12.1 Å². The van der Waals surface area contributed by atoms with Crippen LogP contribution in [0.1, 0.15) is 5.56 Å². The van der Waals surface area contributed by atoms with Crippen molar-refractivity contribution < 1.29 is 18.9 Å². The average Bonchev–Trinajstić information content (AvgIpc) is 2.95. The first-order valence-electron chi connectivity index (χ1n) is 6.40. The quantitative estimate of drug-likeness (QED) is 0.318. The van der Waals surface area contributed by atoms with Crippen molar-refractivity contribution >= 4 is 22.8 Å². The molecule has 0 radical (unpaired) electrons. The number of hydrogen-bond donors (Lipinski definition) is 0. The number of esters is 1. The van der Waals surface area contributed by atoms with Crippen molar-refractivity contribution in [2.75, 3.05) is 0 Å². The number of hydrogen-bond acceptors (Lipinski definition) is 6. The third-order valence-electron chi connectivity index (χ3n) is 3.06. The Labute approximate surface area is 124 Å². The van der Waals surface area contributed by atoms with Crippen LogP contribution < -0.4 is 4.74 Å². The Bertz CT molecular complexity index is 856. The molecule has 3 aromatic rings. The van der Waals surface area contributed by atoms with E-state index >= 15 is 0 Å². The maximum Gasteiger partial charge on any atom is 0.315 e. The summed E-state index contributed by atoms with van der Waals surface area (Å²) in [6, 6.07) is 10.8. The Balaban J connectivity index is 1.76. The van der Waals surface area contributed by atoms with Crippen molar-refractivity contribution in [3.63, 3.8) is 0 Å². The van der Waals surface area contributed by atoms with Gasteiger partial charge in [0.05, 0.1) is 11.3 Å². The van der Waals surface area contributed by atoms with Gasteiger partial charge in [-0.3, -0.25) is 14.9 Å². The molecule has 0 saturated heterocycles. The maximum atomic E-state index is 11.9. The molecule has 0 aliphatic heterocycles. The van der Waals surface area contributed by atoms with Crippen molar-refractivity contribution in [2.45, 2.75) is 6.42 Å². The molecular weight excluding hydrogens is 288 g/mol. The van der Waals surface area contributed by atoms with Crippen LogP contribution in [0.5, 0.6) is 5.75 Å². The molecule has 2 aromatic carbocycles. The number of nitro groups is 1. The zero-order valence-electron chi connectivity index (χ0n) is 11.3. The molecule has 0 bridgehead atoms. The second-order valence-electron chi connectivity index (χ2n) is 4.52. The van der Waals surface area contributed by atoms with E-state index in [1.807, 2.05) is 0 Å². The lowest BCUT2D eigenvalue weighted by Gasteiger charge is -2.04. The van der Waals surface area contributed by atoms with Crippen molar-refractivity contribution in [3.8, 4) is 5.75 Å². The molecule has 0 saturated carbocycles. The van der Waals surface area contributed by atoms with Gasteiger partial charge in [-0.2, -0.15) is 0 Å². The van der Waals surface area contributed by atoms with Gasteiger partial charge >= 0.3 is 5.97 Å². The van der Waals surface area contributed by atoms with Gasteiger partial charge in [-0.15, -0.1) is 0 Å². The SMILES string of the molecule is O=C(Cc1ccccc1[N+](=O)[O-])Oc1ccc2ocnc2c1. The van der Waals surface area contributed by atoms with Crippen LogP contribution in [-0.2, 0) is 11.2 Å². The molecule has 22 heavy (non-hydrogen) atoms. The number of para-hydroxylation sites is 1. The monoisotopic (exact) mass is 298 g/mol. The number of carbonyl (C=O) groups is 1. The summed E-state index contributed by atoms with van der Waals surface area (Å²) >= 11 is 0. The van der Waals surface area contributed by atoms with E-state index in [9.17, 15) is 14.9 Å². The molecule has 0 unspecified atom stereocenters. The van der Waals surface area contributed by atoms with Gasteiger partial charge in [0.25, 0.3) is 5.69 Å². The number of nitrogens with zero attached hydrogens (tertiary/aromatic N) is 2. The van der Waals surface area contributed by atoms with Crippen LogP contribution >= 0.6 is 0 Å². The fourth-order valence-corrected chi connectivity index (χ4v) is 2.06. The summed E-state index contributed by atoms with van der Waals surface area (Å²) in [5.41, 5.74) is 1.35. The van der Waals surface area contributed by atoms with Crippen molar-refractivity contribution in [2.24, 2.45) is 0 Å². The lowest BCUT2D eigenvalue weighted by molar-refractivity contribution is -0.385. The molecule has 0 aliphatic carbocycles. The highest BCUT2D eigenvalue weighted by atomic mass is 16.6. The summed E-state index contributed by atoms with van der Waals surface area (Å²) in [5, 5.41) is 10.9. The molecule has 1 aromatic heterocycles. The molecule has 0 N–H and O–H groups in total. The number of nitro benzene ring substituents is 1. The minimum atomic E-state index is -0.586. The predicted molar refractivity (Wildman–Crippen MR) is 76.4 cm³/mol. The smallest absolute Gasteiger partial charge is 0.315 e. The van der Waals surface area contributed by atoms with Gasteiger partial charge in [0.2, 0.25) is 0 Å². The first kappa shape index (κ1) is 13.7. The normalized spacial score (nSPS) is 10.5. The number of rotatable bonds is 4. The molecule has 0 atom stereocenters. The molecule has 0 spiro atoms. The van der Waals surface area contributed by atoms with Gasteiger partial charge in [0, 0.05) is 17.7 Å². The zero-order chi connectivity index (χ0) is 15.5. The van der Waals surface area contributed by atoms with Crippen LogP contribution in [0.25, 0.3) is 11.1 Å². The molecule has 110 valence electrons. The van der Waals surface area contributed by atoms with E-state index < -0.39 is 10.9 Å². The largest absolute Gasteiger partial charge is 0.443 e. The molecular formula is C15H10N2O5. The summed E-state index contributed by atoms with van der Waals surface area (Å²) in [4.78, 5) is 26.3. The van der Waals surface area contributed by atoms with E-state index in [2.05, 4.69) is 4.98 Å². The van der Waals surface area contributed by atoms with Gasteiger partial charge in [-0.25, -0.2) is 4.98 Å². The van der Waals surface area contributed by atoms with Crippen LogP contribution in [-0.4, -0.2) is 15.9 Å². The Kier molecular flexibility index (Phi) is 3.53. The molecule has 7 nitrogen and oxygen atoms in total. The second kappa shape index (κ2) is 5.65. The third-order valence-corrected chi connectivity index (χ3v) is 3.06. The molecule has 3 rings (SSSR count). The summed E-state index contributed by atoms with van der Waals surface area (Å²) < 4.78 is 10.3. The minimum Gasteiger partial charge on any atom is -0.443 e. The van der Waals surface area contributed by atoms with Gasteiger partial charge in [0.15, 0.2) is 12.0 Å². The minimum absolute atomic E-state index is 0.105. The third kappa shape index (κ3) is 2.78. The van der Waals surface area contributed by atoms with E-state index in [0.717, 1.165) is 0 Å². The Morgan fingerprint density at radius 2 is 2.09 bits per heavy atom. The fraction of sp³-hybridized carbons (Fsp3) is 0.0667. The molecule has 0 aliphatic rings. The van der Waals surface area contributed by atoms with Gasteiger partial charge < -0.3 is 9.15 Å². The standard InChI is InChI=1S/C15H10N2O5/c18-15(7-10-3-1-2-4-13(10)17(19)20)22-11-5-6-14-12(8-11)16-9-21-14/h1-6,8-9H,7H2. The lowest BCUT2D eigenvalue weighted by Crippen LogP contribution is -2.12. The average molecular weight is 298 g/mol. The molecule has 0 fully saturated rings. The summed E-state index contributed by atoms with van der Waals surface area (Å²) in [7, 11) is 0. The van der Waals surface area contributed by atoms with Crippen LogP contribution in [0.15, 0.2) is 53.3 Å². The second-order valence-corrected chi connectivity index (χ2v) is 4.52. The first-order chi connectivity index (χ1) is 10.6. The van der Waals surface area contributed by atoms with Crippen LogP contribution in [0.3, 0.4) is 0 Å². The first-order valence-corrected chi connectivity index (χ1v) is 6.40. The van der Waals surface area contributed by atoms with E-state index in [1.54, 1.807) is 30.3 Å². The highest BCUT2D eigenvalue weighted by molar-refractivity contribution is 5.79.